The van der Waals surface area contributed by atoms with Gasteiger partial charge in [-0.05, 0) is 49.1 Å². The molecule has 1 aromatic carbocycles. The minimum Gasteiger partial charge on any atom is -0.328 e. The number of benzene rings is 1. The van der Waals surface area contributed by atoms with E-state index in [0.717, 1.165) is 28.4 Å². The molecule has 0 aliphatic heterocycles. The van der Waals surface area contributed by atoms with E-state index >= 15 is 0 Å². The molecule has 2 rings (SSSR count). The number of halogens is 1. The van der Waals surface area contributed by atoms with Crippen molar-refractivity contribution < 1.29 is 0 Å². The number of aromatic nitrogens is 2. The summed E-state index contributed by atoms with van der Waals surface area (Å²) in [6.07, 6.45) is 2.77. The largest absolute Gasteiger partial charge is 0.328 e. The first-order valence-corrected chi connectivity index (χ1v) is 6.95. The molecule has 1 unspecified atom stereocenters. The summed E-state index contributed by atoms with van der Waals surface area (Å²) in [5.74, 6) is 0.422. The van der Waals surface area contributed by atoms with E-state index in [4.69, 9.17) is 17.3 Å². The Kier molecular flexibility index (Phi) is 4.27. The molecule has 2 N–H and O–H groups in total. The Labute approximate surface area is 119 Å². The molecule has 0 amide bonds. The molecule has 2 aromatic rings. The van der Waals surface area contributed by atoms with Crippen molar-refractivity contribution in [3.05, 3.63) is 46.7 Å². The molecule has 19 heavy (non-hydrogen) atoms. The fraction of sp³-hybridized carbons (Fsp3) is 0.400. The SMILES string of the molecule is CC(N)Cc1cc(Cl)ccc1-n1ccc(C(C)C)n1. The van der Waals surface area contributed by atoms with Gasteiger partial charge in [0.15, 0.2) is 0 Å². The molecular weight excluding hydrogens is 258 g/mol. The number of rotatable bonds is 4. The van der Waals surface area contributed by atoms with Crippen molar-refractivity contribution in [3.63, 3.8) is 0 Å². The van der Waals surface area contributed by atoms with Crippen molar-refractivity contribution >= 4 is 11.6 Å². The van der Waals surface area contributed by atoms with Gasteiger partial charge in [-0.3, -0.25) is 0 Å². The van der Waals surface area contributed by atoms with E-state index in [1.807, 2.05) is 36.0 Å². The normalized spacial score (nSPS) is 12.9. The highest BCUT2D eigenvalue weighted by Crippen LogP contribution is 2.22. The number of hydrogen-bond acceptors (Lipinski definition) is 2. The molecule has 0 spiro atoms. The zero-order valence-corrected chi connectivity index (χ0v) is 12.4. The predicted molar refractivity (Wildman–Crippen MR) is 80.0 cm³/mol. The Morgan fingerprint density at radius 2 is 2.00 bits per heavy atom. The summed E-state index contributed by atoms with van der Waals surface area (Å²) in [5, 5.41) is 5.34. The average Bonchev–Trinajstić information content (AvgIpc) is 2.77. The quantitative estimate of drug-likeness (QED) is 0.929. The average molecular weight is 278 g/mol. The van der Waals surface area contributed by atoms with Gasteiger partial charge in [-0.1, -0.05) is 25.4 Å². The first kappa shape index (κ1) is 14.1. The number of nitrogens with two attached hydrogens (primary N) is 1. The van der Waals surface area contributed by atoms with Crippen LogP contribution in [0.3, 0.4) is 0 Å². The maximum atomic E-state index is 6.07. The molecule has 1 aromatic heterocycles. The van der Waals surface area contributed by atoms with Gasteiger partial charge in [0.05, 0.1) is 11.4 Å². The van der Waals surface area contributed by atoms with E-state index in [2.05, 4.69) is 25.0 Å². The van der Waals surface area contributed by atoms with Crippen LogP contribution in [0.2, 0.25) is 5.02 Å². The van der Waals surface area contributed by atoms with Crippen LogP contribution in [-0.2, 0) is 6.42 Å². The molecule has 0 aliphatic carbocycles. The third-order valence-corrected chi connectivity index (χ3v) is 3.27. The first-order chi connectivity index (χ1) is 8.97. The van der Waals surface area contributed by atoms with Crippen LogP contribution in [0.15, 0.2) is 30.5 Å². The highest BCUT2D eigenvalue weighted by molar-refractivity contribution is 6.30. The Bertz CT molecular complexity index is 558. The van der Waals surface area contributed by atoms with Gasteiger partial charge in [-0.15, -0.1) is 0 Å². The van der Waals surface area contributed by atoms with Gasteiger partial charge in [0.1, 0.15) is 0 Å². The lowest BCUT2D eigenvalue weighted by atomic mass is 10.1. The standard InChI is InChI=1S/C15H20ClN3/c1-10(2)14-6-7-19(18-14)15-5-4-13(16)9-12(15)8-11(3)17/h4-7,9-11H,8,17H2,1-3H3. The van der Waals surface area contributed by atoms with Crippen molar-refractivity contribution in [2.45, 2.75) is 39.2 Å². The van der Waals surface area contributed by atoms with Crippen LogP contribution < -0.4 is 5.73 Å². The molecule has 102 valence electrons. The molecule has 1 heterocycles. The molecule has 3 nitrogen and oxygen atoms in total. The van der Waals surface area contributed by atoms with Gasteiger partial charge in [-0.25, -0.2) is 4.68 Å². The van der Waals surface area contributed by atoms with E-state index in [1.54, 1.807) is 0 Å². The van der Waals surface area contributed by atoms with Gasteiger partial charge in [0, 0.05) is 17.3 Å². The van der Waals surface area contributed by atoms with Crippen molar-refractivity contribution in [2.24, 2.45) is 5.73 Å². The van der Waals surface area contributed by atoms with E-state index in [9.17, 15) is 0 Å². The van der Waals surface area contributed by atoms with Crippen molar-refractivity contribution in [3.8, 4) is 5.69 Å². The lowest BCUT2D eigenvalue weighted by molar-refractivity contribution is 0.720. The van der Waals surface area contributed by atoms with E-state index in [0.29, 0.717) is 5.92 Å². The summed E-state index contributed by atoms with van der Waals surface area (Å²) in [5.41, 5.74) is 9.16. The van der Waals surface area contributed by atoms with Crippen LogP contribution in [-0.4, -0.2) is 15.8 Å². The third-order valence-electron chi connectivity index (χ3n) is 3.03. The molecule has 0 fully saturated rings. The molecule has 0 aliphatic rings. The monoisotopic (exact) mass is 277 g/mol. The summed E-state index contributed by atoms with van der Waals surface area (Å²) in [7, 11) is 0. The minimum absolute atomic E-state index is 0.0948. The molecule has 0 saturated heterocycles. The fourth-order valence-corrected chi connectivity index (χ4v) is 2.26. The Hall–Kier alpha value is -1.32. The maximum absolute atomic E-state index is 6.07. The summed E-state index contributed by atoms with van der Waals surface area (Å²) in [6, 6.07) is 8.00. The molecule has 1 atom stereocenters. The van der Waals surface area contributed by atoms with E-state index in [1.165, 1.54) is 0 Å². The van der Waals surface area contributed by atoms with Crippen LogP contribution >= 0.6 is 11.6 Å². The van der Waals surface area contributed by atoms with Crippen LogP contribution in [0.4, 0.5) is 0 Å². The van der Waals surface area contributed by atoms with Gasteiger partial charge >= 0.3 is 0 Å². The highest BCUT2D eigenvalue weighted by Gasteiger charge is 2.10. The maximum Gasteiger partial charge on any atom is 0.0679 e. The highest BCUT2D eigenvalue weighted by atomic mass is 35.5. The molecule has 0 bridgehead atoms. The second-order valence-electron chi connectivity index (χ2n) is 5.29. The number of nitrogens with zero attached hydrogens (tertiary/aromatic N) is 2. The summed E-state index contributed by atoms with van der Waals surface area (Å²) in [6.45, 7) is 6.27. The van der Waals surface area contributed by atoms with Crippen LogP contribution in [0.1, 0.15) is 37.9 Å². The zero-order valence-electron chi connectivity index (χ0n) is 11.6. The zero-order chi connectivity index (χ0) is 14.0. The van der Waals surface area contributed by atoms with Gasteiger partial charge in [0.2, 0.25) is 0 Å². The van der Waals surface area contributed by atoms with E-state index in [-0.39, 0.29) is 6.04 Å². The van der Waals surface area contributed by atoms with Crippen molar-refractivity contribution in [2.75, 3.05) is 0 Å². The number of hydrogen-bond donors (Lipinski definition) is 1. The van der Waals surface area contributed by atoms with Crippen molar-refractivity contribution in [1.82, 2.24) is 9.78 Å². The second kappa shape index (κ2) is 5.76. The van der Waals surface area contributed by atoms with Gasteiger partial charge in [0.25, 0.3) is 0 Å². The summed E-state index contributed by atoms with van der Waals surface area (Å²) < 4.78 is 1.91. The summed E-state index contributed by atoms with van der Waals surface area (Å²) in [4.78, 5) is 0. The minimum atomic E-state index is 0.0948. The smallest absolute Gasteiger partial charge is 0.0679 e. The van der Waals surface area contributed by atoms with Crippen LogP contribution in [0, 0.1) is 0 Å². The second-order valence-corrected chi connectivity index (χ2v) is 5.73. The Morgan fingerprint density at radius 1 is 1.26 bits per heavy atom. The Morgan fingerprint density at radius 3 is 2.58 bits per heavy atom. The van der Waals surface area contributed by atoms with Crippen LogP contribution in [0.5, 0.6) is 0 Å². The fourth-order valence-electron chi connectivity index (χ4n) is 2.07. The lowest BCUT2D eigenvalue weighted by Crippen LogP contribution is -2.19. The van der Waals surface area contributed by atoms with E-state index < -0.39 is 0 Å². The lowest BCUT2D eigenvalue weighted by Gasteiger charge is -2.12. The molecule has 0 radical (unpaired) electrons. The van der Waals surface area contributed by atoms with Crippen LogP contribution in [0.25, 0.3) is 5.69 Å². The molecular formula is C15H20ClN3. The third kappa shape index (κ3) is 3.37. The summed E-state index contributed by atoms with van der Waals surface area (Å²) >= 11 is 6.07. The predicted octanol–water partition coefficient (Wildman–Crippen LogP) is 3.54. The topological polar surface area (TPSA) is 43.8 Å². The molecule has 0 saturated carbocycles. The van der Waals surface area contributed by atoms with Crippen molar-refractivity contribution in [1.29, 1.82) is 0 Å². The Balaban J connectivity index is 2.42. The first-order valence-electron chi connectivity index (χ1n) is 6.57. The van der Waals surface area contributed by atoms with Gasteiger partial charge < -0.3 is 5.73 Å². The molecule has 4 heteroatoms. The van der Waals surface area contributed by atoms with Gasteiger partial charge in [-0.2, -0.15) is 5.10 Å².